The first kappa shape index (κ1) is 19.9. The number of hydrogen-bond acceptors (Lipinski definition) is 8. The summed E-state index contributed by atoms with van der Waals surface area (Å²) >= 11 is 1.53. The number of thioether (sulfide) groups is 1. The molecule has 0 saturated carbocycles. The van der Waals surface area contributed by atoms with Gasteiger partial charge in [0.2, 0.25) is 6.79 Å². The molecule has 9 nitrogen and oxygen atoms in total. The number of aromatic nitrogens is 3. The average Bonchev–Trinajstić information content (AvgIpc) is 3.40. The Morgan fingerprint density at radius 2 is 1.93 bits per heavy atom. The lowest BCUT2D eigenvalue weighted by Gasteiger charge is -2.11. The summed E-state index contributed by atoms with van der Waals surface area (Å²) in [6.07, 6.45) is 1.93. The number of nitrogens with one attached hydrogen (secondary N) is 1. The minimum absolute atomic E-state index is 0.167. The Labute approximate surface area is 177 Å². The van der Waals surface area contributed by atoms with Crippen LogP contribution in [0.15, 0.2) is 36.4 Å². The maximum atomic E-state index is 13.2. The minimum atomic E-state index is -0.335. The highest BCUT2D eigenvalue weighted by molar-refractivity contribution is 7.97. The van der Waals surface area contributed by atoms with E-state index in [4.69, 9.17) is 18.9 Å². The Morgan fingerprint density at radius 3 is 2.70 bits per heavy atom. The Morgan fingerprint density at radius 1 is 1.13 bits per heavy atom. The highest BCUT2D eigenvalue weighted by atomic mass is 32.2. The number of anilines is 1. The number of amides is 1. The third-order valence-corrected chi connectivity index (χ3v) is 4.99. The molecular formula is C20H20N4O5S. The van der Waals surface area contributed by atoms with Crippen LogP contribution in [0.4, 0.5) is 5.69 Å². The fraction of sp³-hybridized carbons (Fsp3) is 0.250. The fourth-order valence-corrected chi connectivity index (χ4v) is 3.52. The first-order chi connectivity index (χ1) is 14.6. The molecule has 0 spiro atoms. The van der Waals surface area contributed by atoms with Crippen molar-refractivity contribution in [2.24, 2.45) is 0 Å². The van der Waals surface area contributed by atoms with Gasteiger partial charge in [0.15, 0.2) is 28.7 Å². The SMILES string of the molecule is COc1ccc(-c2nnn(CSC)c2C(=O)Nc2ccc3c(c2)OCO3)cc1OC. The topological polar surface area (TPSA) is 96.7 Å². The normalized spacial score (nSPS) is 12.0. The summed E-state index contributed by atoms with van der Waals surface area (Å²) in [6.45, 7) is 0.167. The maximum absolute atomic E-state index is 13.2. The largest absolute Gasteiger partial charge is 0.493 e. The Hall–Kier alpha value is -3.40. The van der Waals surface area contributed by atoms with Crippen LogP contribution in [0.3, 0.4) is 0 Å². The number of carbonyl (C=O) groups excluding carboxylic acids is 1. The molecule has 3 aromatic rings. The molecule has 0 fully saturated rings. The summed E-state index contributed by atoms with van der Waals surface area (Å²) < 4.78 is 22.9. The standard InChI is InChI=1S/C20H20N4O5S/c1-26-14-6-4-12(8-16(14)27-2)18-19(24(10-30-3)23-22-18)20(25)21-13-5-7-15-17(9-13)29-11-28-15/h4-9H,10-11H2,1-3H3,(H,21,25). The van der Waals surface area contributed by atoms with Crippen molar-refractivity contribution in [2.45, 2.75) is 5.88 Å². The fourth-order valence-electron chi connectivity index (χ4n) is 3.09. The van der Waals surface area contributed by atoms with Gasteiger partial charge in [0.1, 0.15) is 5.69 Å². The first-order valence-electron chi connectivity index (χ1n) is 9.00. The predicted octanol–water partition coefficient (Wildman–Crippen LogP) is 3.26. The Bertz CT molecular complexity index is 1090. The monoisotopic (exact) mass is 428 g/mol. The van der Waals surface area contributed by atoms with E-state index in [1.54, 1.807) is 49.2 Å². The average molecular weight is 428 g/mol. The molecule has 0 unspecified atom stereocenters. The van der Waals surface area contributed by atoms with E-state index < -0.39 is 0 Å². The van der Waals surface area contributed by atoms with Crippen LogP contribution in [0.2, 0.25) is 0 Å². The van der Waals surface area contributed by atoms with Gasteiger partial charge < -0.3 is 24.3 Å². The molecule has 10 heteroatoms. The molecule has 4 rings (SSSR count). The molecule has 1 amide bonds. The highest BCUT2D eigenvalue weighted by Gasteiger charge is 2.23. The van der Waals surface area contributed by atoms with Gasteiger partial charge in [0.05, 0.1) is 20.1 Å². The predicted molar refractivity (Wildman–Crippen MR) is 113 cm³/mol. The van der Waals surface area contributed by atoms with Crippen molar-refractivity contribution >= 4 is 23.4 Å². The van der Waals surface area contributed by atoms with Gasteiger partial charge in [0.25, 0.3) is 5.91 Å². The van der Waals surface area contributed by atoms with Gasteiger partial charge in [-0.1, -0.05) is 5.21 Å². The molecule has 2 aromatic carbocycles. The zero-order chi connectivity index (χ0) is 21.1. The zero-order valence-corrected chi connectivity index (χ0v) is 17.5. The van der Waals surface area contributed by atoms with Crippen molar-refractivity contribution in [3.8, 4) is 34.3 Å². The highest BCUT2D eigenvalue weighted by Crippen LogP contribution is 2.35. The Kier molecular flexibility index (Phi) is 5.66. The second-order valence-electron chi connectivity index (χ2n) is 6.30. The molecule has 0 atom stereocenters. The summed E-state index contributed by atoms with van der Waals surface area (Å²) in [4.78, 5) is 13.2. The Balaban J connectivity index is 1.70. The first-order valence-corrected chi connectivity index (χ1v) is 10.4. The van der Waals surface area contributed by atoms with E-state index in [0.717, 1.165) is 0 Å². The molecule has 1 aliphatic rings. The van der Waals surface area contributed by atoms with Crippen molar-refractivity contribution in [3.05, 3.63) is 42.1 Å². The molecule has 0 radical (unpaired) electrons. The van der Waals surface area contributed by atoms with E-state index in [1.807, 2.05) is 12.3 Å². The van der Waals surface area contributed by atoms with E-state index in [-0.39, 0.29) is 12.7 Å². The van der Waals surface area contributed by atoms with E-state index in [2.05, 4.69) is 15.6 Å². The quantitative estimate of drug-likeness (QED) is 0.613. The second kappa shape index (κ2) is 8.54. The van der Waals surface area contributed by atoms with E-state index in [0.29, 0.717) is 51.5 Å². The van der Waals surface area contributed by atoms with Crippen LogP contribution >= 0.6 is 11.8 Å². The van der Waals surface area contributed by atoms with Gasteiger partial charge in [0, 0.05) is 17.3 Å². The number of benzene rings is 2. The maximum Gasteiger partial charge on any atom is 0.276 e. The lowest BCUT2D eigenvalue weighted by atomic mass is 10.1. The summed E-state index contributed by atoms with van der Waals surface area (Å²) in [6, 6.07) is 10.6. The van der Waals surface area contributed by atoms with Gasteiger partial charge in [-0.15, -0.1) is 16.9 Å². The number of ether oxygens (including phenoxy) is 4. The second-order valence-corrected chi connectivity index (χ2v) is 7.13. The number of methoxy groups -OCH3 is 2. The molecule has 0 aliphatic carbocycles. The van der Waals surface area contributed by atoms with Crippen molar-refractivity contribution in [2.75, 3.05) is 32.6 Å². The lowest BCUT2D eigenvalue weighted by Crippen LogP contribution is -2.18. The van der Waals surface area contributed by atoms with E-state index >= 15 is 0 Å². The van der Waals surface area contributed by atoms with Crippen molar-refractivity contribution in [3.63, 3.8) is 0 Å². The molecule has 0 saturated heterocycles. The molecule has 1 aromatic heterocycles. The number of hydrogen-bond donors (Lipinski definition) is 1. The van der Waals surface area contributed by atoms with Crippen LogP contribution in [-0.4, -0.2) is 48.2 Å². The van der Waals surface area contributed by atoms with Gasteiger partial charge in [-0.25, -0.2) is 4.68 Å². The van der Waals surface area contributed by atoms with Gasteiger partial charge in [-0.2, -0.15) is 0 Å². The molecule has 0 bridgehead atoms. The molecule has 30 heavy (non-hydrogen) atoms. The van der Waals surface area contributed by atoms with Crippen molar-refractivity contribution < 1.29 is 23.7 Å². The minimum Gasteiger partial charge on any atom is -0.493 e. The number of nitrogens with zero attached hydrogens (tertiary/aromatic N) is 3. The van der Waals surface area contributed by atoms with E-state index in [9.17, 15) is 4.79 Å². The van der Waals surface area contributed by atoms with Crippen LogP contribution in [0, 0.1) is 0 Å². The van der Waals surface area contributed by atoms with Crippen molar-refractivity contribution in [1.82, 2.24) is 15.0 Å². The van der Waals surface area contributed by atoms with Gasteiger partial charge in [-0.3, -0.25) is 4.79 Å². The van der Waals surface area contributed by atoms with Crippen LogP contribution in [0.25, 0.3) is 11.3 Å². The smallest absolute Gasteiger partial charge is 0.276 e. The van der Waals surface area contributed by atoms with E-state index in [1.165, 1.54) is 11.8 Å². The molecule has 1 aliphatic heterocycles. The molecule has 156 valence electrons. The summed E-state index contributed by atoms with van der Waals surface area (Å²) in [5.74, 6) is 2.50. The number of rotatable bonds is 7. The molecule has 2 heterocycles. The third kappa shape index (κ3) is 3.73. The molecule has 1 N–H and O–H groups in total. The molecular weight excluding hydrogens is 408 g/mol. The number of fused-ring (bicyclic) bond motifs is 1. The van der Waals surface area contributed by atoms with Gasteiger partial charge >= 0.3 is 0 Å². The van der Waals surface area contributed by atoms with Crippen LogP contribution in [-0.2, 0) is 5.88 Å². The van der Waals surface area contributed by atoms with Crippen LogP contribution in [0.1, 0.15) is 10.5 Å². The summed E-state index contributed by atoms with van der Waals surface area (Å²) in [7, 11) is 3.12. The van der Waals surface area contributed by atoms with Gasteiger partial charge in [-0.05, 0) is 36.6 Å². The summed E-state index contributed by atoms with van der Waals surface area (Å²) in [5, 5.41) is 11.3. The summed E-state index contributed by atoms with van der Waals surface area (Å²) in [5.41, 5.74) is 2.06. The van der Waals surface area contributed by atoms with Crippen LogP contribution < -0.4 is 24.3 Å². The number of carbonyl (C=O) groups is 1. The lowest BCUT2D eigenvalue weighted by molar-refractivity contribution is 0.101. The van der Waals surface area contributed by atoms with Crippen molar-refractivity contribution in [1.29, 1.82) is 0 Å². The third-order valence-electron chi connectivity index (χ3n) is 4.49. The van der Waals surface area contributed by atoms with Crippen LogP contribution in [0.5, 0.6) is 23.0 Å². The zero-order valence-electron chi connectivity index (χ0n) is 16.7.